The molecule has 0 saturated carbocycles. The van der Waals surface area contributed by atoms with Crippen LogP contribution >= 0.6 is 0 Å². The summed E-state index contributed by atoms with van der Waals surface area (Å²) in [5.74, 6) is 0.134. The van der Waals surface area contributed by atoms with Crippen LogP contribution in [0.25, 0.3) is 16.6 Å². The third kappa shape index (κ3) is 3.61. The number of nitrogens with zero attached hydrogens (tertiary/aromatic N) is 3. The van der Waals surface area contributed by atoms with Crippen LogP contribution in [0.15, 0.2) is 71.1 Å². The SMILES string of the molecule is O=C(c1occc1CCc1ccc2nccnc2c1)N1CCC2=C(Cc3cc(F)ccc32)C1. The highest BCUT2D eigenvalue weighted by Gasteiger charge is 2.31. The maximum Gasteiger partial charge on any atom is 0.290 e. The van der Waals surface area contributed by atoms with Crippen LogP contribution < -0.4 is 0 Å². The Labute approximate surface area is 190 Å². The zero-order valence-corrected chi connectivity index (χ0v) is 18.1. The van der Waals surface area contributed by atoms with E-state index in [1.807, 2.05) is 29.2 Å². The molecule has 1 aliphatic carbocycles. The summed E-state index contributed by atoms with van der Waals surface area (Å²) in [7, 11) is 0. The molecule has 5 nitrogen and oxygen atoms in total. The summed E-state index contributed by atoms with van der Waals surface area (Å²) in [6, 6.07) is 13.0. The predicted molar refractivity (Wildman–Crippen MR) is 123 cm³/mol. The highest BCUT2D eigenvalue weighted by atomic mass is 19.1. The van der Waals surface area contributed by atoms with Crippen molar-refractivity contribution in [1.82, 2.24) is 14.9 Å². The van der Waals surface area contributed by atoms with Gasteiger partial charge in [0.05, 0.1) is 17.3 Å². The van der Waals surface area contributed by atoms with Gasteiger partial charge in [-0.3, -0.25) is 14.8 Å². The molecule has 6 heteroatoms. The average Bonchev–Trinajstić information content (AvgIpc) is 3.45. The topological polar surface area (TPSA) is 59.2 Å². The first-order valence-electron chi connectivity index (χ1n) is 11.2. The molecule has 2 aromatic carbocycles. The molecule has 0 spiro atoms. The predicted octanol–water partition coefficient (Wildman–Crippen LogP) is 5.00. The second kappa shape index (κ2) is 7.96. The number of carbonyl (C=O) groups excluding carboxylic acids is 1. The molecule has 0 unspecified atom stereocenters. The van der Waals surface area contributed by atoms with Crippen molar-refractivity contribution in [3.05, 3.63) is 101 Å². The molecular formula is C27H22FN3O2. The standard InChI is InChI=1S/C27H22FN3O2/c28-21-4-5-22-19(15-21)14-20-16-31(11-7-23(20)22)27(32)26-18(8-12-33-26)3-1-17-2-6-24-25(13-17)30-10-9-29-24/h2,4-6,8-10,12-13,15H,1,3,7,11,14,16H2. The van der Waals surface area contributed by atoms with Crippen molar-refractivity contribution in [1.29, 1.82) is 0 Å². The number of hydrogen-bond acceptors (Lipinski definition) is 4. The van der Waals surface area contributed by atoms with Crippen LogP contribution in [-0.2, 0) is 19.3 Å². The first-order valence-corrected chi connectivity index (χ1v) is 11.2. The van der Waals surface area contributed by atoms with E-state index in [1.165, 1.54) is 17.2 Å². The second-order valence-electron chi connectivity index (χ2n) is 8.69. The summed E-state index contributed by atoms with van der Waals surface area (Å²) in [5, 5.41) is 0. The van der Waals surface area contributed by atoms with Gasteiger partial charge in [0.2, 0.25) is 0 Å². The number of carbonyl (C=O) groups is 1. The number of furan rings is 1. The largest absolute Gasteiger partial charge is 0.459 e. The summed E-state index contributed by atoms with van der Waals surface area (Å²) in [6.45, 7) is 1.20. The van der Waals surface area contributed by atoms with E-state index in [-0.39, 0.29) is 11.7 Å². The van der Waals surface area contributed by atoms with Crippen molar-refractivity contribution >= 4 is 22.5 Å². The average molecular weight is 439 g/mol. The molecule has 0 saturated heterocycles. The molecule has 6 rings (SSSR count). The van der Waals surface area contributed by atoms with Crippen molar-refractivity contribution in [3.63, 3.8) is 0 Å². The summed E-state index contributed by atoms with van der Waals surface area (Å²) in [4.78, 5) is 23.9. The van der Waals surface area contributed by atoms with Crippen LogP contribution in [0.1, 0.15) is 39.2 Å². The summed E-state index contributed by atoms with van der Waals surface area (Å²) in [6.07, 6.45) is 7.96. The molecule has 0 radical (unpaired) electrons. The summed E-state index contributed by atoms with van der Waals surface area (Å²) < 4.78 is 19.3. The van der Waals surface area contributed by atoms with Crippen LogP contribution in [0.5, 0.6) is 0 Å². The fourth-order valence-corrected chi connectivity index (χ4v) is 5.03. The lowest BCUT2D eigenvalue weighted by atomic mass is 9.98. The summed E-state index contributed by atoms with van der Waals surface area (Å²) >= 11 is 0. The first-order chi connectivity index (χ1) is 16.2. The van der Waals surface area contributed by atoms with Gasteiger partial charge in [-0.25, -0.2) is 4.39 Å². The number of amides is 1. The Balaban J connectivity index is 1.16. The van der Waals surface area contributed by atoms with Gasteiger partial charge in [0.1, 0.15) is 5.82 Å². The molecule has 0 atom stereocenters. The van der Waals surface area contributed by atoms with Gasteiger partial charge in [0.25, 0.3) is 5.91 Å². The van der Waals surface area contributed by atoms with Crippen LogP contribution in [0.2, 0.25) is 0 Å². The number of aromatic nitrogens is 2. The first kappa shape index (κ1) is 19.9. The molecule has 0 fully saturated rings. The Morgan fingerprint density at radius 2 is 1.91 bits per heavy atom. The van der Waals surface area contributed by atoms with Gasteiger partial charge < -0.3 is 9.32 Å². The van der Waals surface area contributed by atoms with E-state index < -0.39 is 0 Å². The molecule has 1 aliphatic heterocycles. The highest BCUT2D eigenvalue weighted by molar-refractivity contribution is 5.94. The van der Waals surface area contributed by atoms with E-state index in [0.29, 0.717) is 31.7 Å². The third-order valence-electron chi connectivity index (χ3n) is 6.68. The van der Waals surface area contributed by atoms with Crippen molar-refractivity contribution < 1.29 is 13.6 Å². The molecule has 4 aromatic rings. The molecule has 33 heavy (non-hydrogen) atoms. The highest BCUT2D eigenvalue weighted by Crippen LogP contribution is 2.38. The zero-order chi connectivity index (χ0) is 22.4. The number of halogens is 1. The van der Waals surface area contributed by atoms with Gasteiger partial charge in [0, 0.05) is 31.0 Å². The van der Waals surface area contributed by atoms with Gasteiger partial charge in [-0.15, -0.1) is 0 Å². The molecule has 0 N–H and O–H groups in total. The van der Waals surface area contributed by atoms with Crippen molar-refractivity contribution in [2.75, 3.05) is 13.1 Å². The minimum absolute atomic E-state index is 0.0759. The molecule has 3 heterocycles. The summed E-state index contributed by atoms with van der Waals surface area (Å²) in [5.41, 5.74) is 8.44. The third-order valence-corrected chi connectivity index (χ3v) is 6.68. The van der Waals surface area contributed by atoms with E-state index >= 15 is 0 Å². The minimum atomic E-state index is -0.208. The molecule has 2 aromatic heterocycles. The monoisotopic (exact) mass is 439 g/mol. The number of hydrogen-bond donors (Lipinski definition) is 0. The van der Waals surface area contributed by atoms with Gasteiger partial charge in [-0.05, 0) is 83.9 Å². The molecular weight excluding hydrogens is 417 g/mol. The van der Waals surface area contributed by atoms with E-state index in [9.17, 15) is 9.18 Å². The van der Waals surface area contributed by atoms with Crippen LogP contribution in [0.3, 0.4) is 0 Å². The lowest BCUT2D eigenvalue weighted by molar-refractivity contribution is 0.0734. The van der Waals surface area contributed by atoms with Crippen molar-refractivity contribution in [2.45, 2.75) is 25.7 Å². The van der Waals surface area contributed by atoms with Crippen LogP contribution in [0, 0.1) is 5.82 Å². The van der Waals surface area contributed by atoms with E-state index in [4.69, 9.17) is 4.42 Å². The fraction of sp³-hybridized carbons (Fsp3) is 0.222. The van der Waals surface area contributed by atoms with Crippen molar-refractivity contribution in [2.24, 2.45) is 0 Å². The lowest BCUT2D eigenvalue weighted by Crippen LogP contribution is -2.36. The lowest BCUT2D eigenvalue weighted by Gasteiger charge is -2.28. The number of benzene rings is 2. The van der Waals surface area contributed by atoms with Gasteiger partial charge in [-0.1, -0.05) is 12.1 Å². The van der Waals surface area contributed by atoms with Gasteiger partial charge >= 0.3 is 0 Å². The minimum Gasteiger partial charge on any atom is -0.459 e. The van der Waals surface area contributed by atoms with Gasteiger partial charge in [0.15, 0.2) is 5.76 Å². The molecule has 2 aliphatic rings. The fourth-order valence-electron chi connectivity index (χ4n) is 5.03. The molecule has 164 valence electrons. The van der Waals surface area contributed by atoms with Crippen molar-refractivity contribution in [3.8, 4) is 0 Å². The Morgan fingerprint density at radius 3 is 2.82 bits per heavy atom. The molecule has 0 bridgehead atoms. The normalized spacial score (nSPS) is 15.1. The second-order valence-corrected chi connectivity index (χ2v) is 8.69. The Hall–Kier alpha value is -3.80. The van der Waals surface area contributed by atoms with Gasteiger partial charge in [-0.2, -0.15) is 0 Å². The molecule has 1 amide bonds. The zero-order valence-electron chi connectivity index (χ0n) is 18.1. The number of rotatable bonds is 4. The maximum absolute atomic E-state index is 13.6. The Morgan fingerprint density at radius 1 is 1.03 bits per heavy atom. The smallest absolute Gasteiger partial charge is 0.290 e. The Kier molecular flexibility index (Phi) is 4.79. The quantitative estimate of drug-likeness (QED) is 0.449. The number of aryl methyl sites for hydroxylation is 2. The van der Waals surface area contributed by atoms with E-state index in [2.05, 4.69) is 16.0 Å². The number of fused-ring (bicyclic) bond motifs is 3. The Bertz CT molecular complexity index is 1420. The maximum atomic E-state index is 13.6. The van der Waals surface area contributed by atoms with Crippen LogP contribution in [0.4, 0.5) is 4.39 Å². The van der Waals surface area contributed by atoms with Crippen LogP contribution in [-0.4, -0.2) is 33.9 Å². The van der Waals surface area contributed by atoms with E-state index in [1.54, 1.807) is 24.7 Å². The van der Waals surface area contributed by atoms with E-state index in [0.717, 1.165) is 46.1 Å².